The van der Waals surface area contributed by atoms with Crippen molar-refractivity contribution in [2.24, 2.45) is 0 Å². The van der Waals surface area contributed by atoms with Crippen LogP contribution in [-0.2, 0) is 5.41 Å². The predicted octanol–water partition coefficient (Wildman–Crippen LogP) is 12.9. The van der Waals surface area contributed by atoms with E-state index in [0.717, 1.165) is 16.7 Å². The second kappa shape index (κ2) is 11.9. The lowest BCUT2D eigenvalue weighted by molar-refractivity contribution is 0.660. The number of benzene rings is 7. The fraction of sp³-hybridized carbons (Fsp3) is 0.0625. The fourth-order valence-electron chi connectivity index (χ4n) is 7.98. The molecule has 0 spiro atoms. The molecule has 0 atom stereocenters. The predicted molar refractivity (Wildman–Crippen MR) is 217 cm³/mol. The van der Waals surface area contributed by atoms with Gasteiger partial charge in [0.2, 0.25) is 0 Å². The number of nitrogens with zero attached hydrogens (tertiary/aromatic N) is 3. The molecule has 1 aliphatic rings. The van der Waals surface area contributed by atoms with Gasteiger partial charge in [-0.15, -0.1) is 11.3 Å². The fourth-order valence-corrected chi connectivity index (χ4v) is 9.10. The highest BCUT2D eigenvalue weighted by molar-refractivity contribution is 7.26. The van der Waals surface area contributed by atoms with Crippen LogP contribution in [0.1, 0.15) is 25.0 Å². The zero-order valence-electron chi connectivity index (χ0n) is 28.8. The third kappa shape index (κ3) is 4.90. The summed E-state index contributed by atoms with van der Waals surface area (Å²) >= 11 is 1.81. The van der Waals surface area contributed by atoms with Crippen LogP contribution in [0.3, 0.4) is 0 Å². The van der Waals surface area contributed by atoms with Crippen LogP contribution < -0.4 is 0 Å². The molecule has 246 valence electrons. The average molecular weight is 684 g/mol. The SMILES string of the molecule is CC1(C)c2ccccc2-c2cc(-c3ccccc3-c3ccc4sc5cccc(-c6nc(-c7ccccc7)nc(-c7ccccc7)n6)c5c4c3)ccc21. The first-order valence-electron chi connectivity index (χ1n) is 17.7. The molecule has 2 aromatic heterocycles. The Morgan fingerprint density at radius 1 is 0.385 bits per heavy atom. The monoisotopic (exact) mass is 683 g/mol. The van der Waals surface area contributed by atoms with Gasteiger partial charge in [0.1, 0.15) is 0 Å². The Morgan fingerprint density at radius 2 is 0.923 bits per heavy atom. The highest BCUT2D eigenvalue weighted by atomic mass is 32.1. The van der Waals surface area contributed by atoms with Gasteiger partial charge >= 0.3 is 0 Å². The van der Waals surface area contributed by atoms with E-state index in [4.69, 9.17) is 15.0 Å². The molecule has 3 nitrogen and oxygen atoms in total. The number of rotatable bonds is 5. The van der Waals surface area contributed by atoms with Gasteiger partial charge in [-0.2, -0.15) is 0 Å². The summed E-state index contributed by atoms with van der Waals surface area (Å²) in [5, 5.41) is 2.37. The van der Waals surface area contributed by atoms with E-state index in [2.05, 4.69) is 141 Å². The molecule has 10 rings (SSSR count). The van der Waals surface area contributed by atoms with Crippen LogP contribution >= 0.6 is 11.3 Å². The summed E-state index contributed by atoms with van der Waals surface area (Å²) in [4.78, 5) is 15.2. The van der Waals surface area contributed by atoms with Gasteiger partial charge in [0.15, 0.2) is 17.5 Å². The lowest BCUT2D eigenvalue weighted by Gasteiger charge is -2.21. The van der Waals surface area contributed by atoms with Crippen molar-refractivity contribution in [3.05, 3.63) is 175 Å². The van der Waals surface area contributed by atoms with Crippen molar-refractivity contribution in [1.29, 1.82) is 0 Å². The van der Waals surface area contributed by atoms with Gasteiger partial charge in [0.05, 0.1) is 0 Å². The van der Waals surface area contributed by atoms with Crippen molar-refractivity contribution < 1.29 is 0 Å². The Kier molecular flexibility index (Phi) is 7.02. The van der Waals surface area contributed by atoms with Crippen LogP contribution in [0, 0.1) is 0 Å². The van der Waals surface area contributed by atoms with Crippen LogP contribution in [-0.4, -0.2) is 15.0 Å². The molecule has 2 heterocycles. The van der Waals surface area contributed by atoms with E-state index in [1.807, 2.05) is 47.7 Å². The molecule has 4 heteroatoms. The van der Waals surface area contributed by atoms with Crippen molar-refractivity contribution in [3.63, 3.8) is 0 Å². The quantitative estimate of drug-likeness (QED) is 0.181. The summed E-state index contributed by atoms with van der Waals surface area (Å²) in [5.74, 6) is 2.00. The summed E-state index contributed by atoms with van der Waals surface area (Å²) in [5.41, 5.74) is 13.2. The van der Waals surface area contributed by atoms with Gasteiger partial charge in [-0.1, -0.05) is 153 Å². The molecule has 1 aliphatic carbocycles. The van der Waals surface area contributed by atoms with E-state index in [-0.39, 0.29) is 5.41 Å². The van der Waals surface area contributed by atoms with Gasteiger partial charge < -0.3 is 0 Å². The van der Waals surface area contributed by atoms with Crippen molar-refractivity contribution >= 4 is 31.5 Å². The molecule has 0 radical (unpaired) electrons. The van der Waals surface area contributed by atoms with Crippen LogP contribution in [0.4, 0.5) is 0 Å². The highest BCUT2D eigenvalue weighted by Gasteiger charge is 2.35. The lowest BCUT2D eigenvalue weighted by Crippen LogP contribution is -2.14. The summed E-state index contributed by atoms with van der Waals surface area (Å²) in [6.07, 6.45) is 0. The van der Waals surface area contributed by atoms with Crippen molar-refractivity contribution in [2.75, 3.05) is 0 Å². The van der Waals surface area contributed by atoms with Gasteiger partial charge in [-0.05, 0) is 68.8 Å². The number of aromatic nitrogens is 3. The largest absolute Gasteiger partial charge is 0.208 e. The molecule has 0 aliphatic heterocycles. The summed E-state index contributed by atoms with van der Waals surface area (Å²) in [6.45, 7) is 4.67. The van der Waals surface area contributed by atoms with E-state index in [9.17, 15) is 0 Å². The first-order chi connectivity index (χ1) is 25.5. The summed E-state index contributed by atoms with van der Waals surface area (Å²) in [7, 11) is 0. The highest BCUT2D eigenvalue weighted by Crippen LogP contribution is 2.50. The minimum Gasteiger partial charge on any atom is -0.208 e. The van der Waals surface area contributed by atoms with E-state index in [0.29, 0.717) is 17.5 Å². The Bertz CT molecular complexity index is 2760. The minimum absolute atomic E-state index is 0.0189. The average Bonchev–Trinajstić information content (AvgIpc) is 3.69. The first-order valence-corrected chi connectivity index (χ1v) is 18.5. The van der Waals surface area contributed by atoms with Crippen LogP contribution in [0.15, 0.2) is 164 Å². The molecule has 7 aromatic carbocycles. The Labute approximate surface area is 307 Å². The molecule has 0 N–H and O–H groups in total. The van der Waals surface area contributed by atoms with Gasteiger partial charge in [-0.3, -0.25) is 0 Å². The zero-order chi connectivity index (χ0) is 34.8. The molecule has 0 amide bonds. The molecule has 0 unspecified atom stereocenters. The van der Waals surface area contributed by atoms with Crippen molar-refractivity contribution in [2.45, 2.75) is 19.3 Å². The molecule has 9 aromatic rings. The first kappa shape index (κ1) is 30.6. The summed E-state index contributed by atoms with van der Waals surface area (Å²) in [6, 6.07) is 58.4. The van der Waals surface area contributed by atoms with Gasteiger partial charge in [0, 0.05) is 42.3 Å². The number of thiophene rings is 1. The normalized spacial score (nSPS) is 13.0. The molecule has 0 saturated heterocycles. The molecule has 0 fully saturated rings. The third-order valence-corrected chi connectivity index (χ3v) is 11.7. The van der Waals surface area contributed by atoms with Crippen LogP contribution in [0.2, 0.25) is 0 Å². The molecule has 0 bridgehead atoms. The Hall–Kier alpha value is -6.23. The van der Waals surface area contributed by atoms with Gasteiger partial charge in [0.25, 0.3) is 0 Å². The van der Waals surface area contributed by atoms with E-state index in [1.165, 1.54) is 64.7 Å². The maximum absolute atomic E-state index is 5.11. The second-order valence-electron chi connectivity index (χ2n) is 14.0. The van der Waals surface area contributed by atoms with Crippen molar-refractivity contribution in [1.82, 2.24) is 15.0 Å². The Morgan fingerprint density at radius 3 is 1.62 bits per heavy atom. The third-order valence-electron chi connectivity index (χ3n) is 10.6. The number of fused-ring (bicyclic) bond motifs is 6. The standard InChI is InChI=1S/C48H33N3S/c1-48(2)40-22-12-11-20-36(40)38-28-32(24-26-41(38)48)34-18-9-10-19-35(34)33-25-27-42-39(29-33)44-37(21-13-23-43(44)52-42)47-50-45(30-14-5-3-6-15-30)49-46(51-47)31-16-7-4-8-17-31/h3-29H,1-2H3. The molecule has 0 saturated carbocycles. The maximum atomic E-state index is 5.11. The molecular weight excluding hydrogens is 651 g/mol. The second-order valence-corrected chi connectivity index (χ2v) is 15.1. The van der Waals surface area contributed by atoms with E-state index < -0.39 is 0 Å². The Balaban J connectivity index is 1.14. The van der Waals surface area contributed by atoms with Gasteiger partial charge in [-0.25, -0.2) is 15.0 Å². The maximum Gasteiger partial charge on any atom is 0.164 e. The minimum atomic E-state index is -0.0189. The summed E-state index contributed by atoms with van der Waals surface area (Å²) < 4.78 is 2.45. The molecular formula is C48H33N3S. The zero-order valence-corrected chi connectivity index (χ0v) is 29.7. The number of hydrogen-bond acceptors (Lipinski definition) is 4. The number of hydrogen-bond donors (Lipinski definition) is 0. The van der Waals surface area contributed by atoms with Crippen LogP contribution in [0.25, 0.3) is 87.7 Å². The van der Waals surface area contributed by atoms with E-state index in [1.54, 1.807) is 0 Å². The smallest absolute Gasteiger partial charge is 0.164 e. The van der Waals surface area contributed by atoms with Crippen LogP contribution in [0.5, 0.6) is 0 Å². The van der Waals surface area contributed by atoms with Crippen molar-refractivity contribution in [3.8, 4) is 67.5 Å². The topological polar surface area (TPSA) is 38.7 Å². The van der Waals surface area contributed by atoms with E-state index >= 15 is 0 Å². The molecule has 52 heavy (non-hydrogen) atoms. The lowest BCUT2D eigenvalue weighted by atomic mass is 9.82.